The number of hydrogen-bond donors (Lipinski definition) is 2. The summed E-state index contributed by atoms with van der Waals surface area (Å²) in [5.74, 6) is 0. The molecule has 0 radical (unpaired) electrons. The van der Waals surface area contributed by atoms with Crippen LogP contribution in [0, 0.1) is 0 Å². The van der Waals surface area contributed by atoms with E-state index < -0.39 is 0 Å². The van der Waals surface area contributed by atoms with Crippen molar-refractivity contribution in [1.29, 1.82) is 0 Å². The number of hydrogen-bond acceptors (Lipinski definition) is 2. The van der Waals surface area contributed by atoms with Gasteiger partial charge in [-0.2, -0.15) is 0 Å². The summed E-state index contributed by atoms with van der Waals surface area (Å²) >= 11 is 0. The first-order valence-electron chi connectivity index (χ1n) is 4.75. The SMILES string of the molecule is CC(C)(N)Cc1c[nH]c2cnccc12. The first-order valence-corrected chi connectivity index (χ1v) is 4.75. The second-order valence-corrected chi connectivity index (χ2v) is 4.40. The van der Waals surface area contributed by atoms with Crippen molar-refractivity contribution in [3.05, 3.63) is 30.2 Å². The lowest BCUT2D eigenvalue weighted by Crippen LogP contribution is -2.34. The topological polar surface area (TPSA) is 54.7 Å². The highest BCUT2D eigenvalue weighted by Gasteiger charge is 2.14. The van der Waals surface area contributed by atoms with Crippen molar-refractivity contribution in [2.75, 3.05) is 0 Å². The molecule has 0 amide bonds. The molecule has 0 atom stereocenters. The molecule has 0 fully saturated rings. The summed E-state index contributed by atoms with van der Waals surface area (Å²) in [6, 6.07) is 2.02. The fourth-order valence-electron chi connectivity index (χ4n) is 1.67. The predicted octanol–water partition coefficient (Wildman–Crippen LogP) is 1.84. The van der Waals surface area contributed by atoms with Crippen LogP contribution in [0.25, 0.3) is 10.9 Å². The molecule has 2 aromatic heterocycles. The molecule has 3 heteroatoms. The molecule has 2 heterocycles. The lowest BCUT2D eigenvalue weighted by molar-refractivity contribution is 0.518. The van der Waals surface area contributed by atoms with Gasteiger partial charge in [0.25, 0.3) is 0 Å². The van der Waals surface area contributed by atoms with Crippen molar-refractivity contribution in [3.8, 4) is 0 Å². The normalized spacial score (nSPS) is 12.2. The van der Waals surface area contributed by atoms with Gasteiger partial charge in [0.2, 0.25) is 0 Å². The van der Waals surface area contributed by atoms with E-state index in [1.807, 2.05) is 38.5 Å². The van der Waals surface area contributed by atoms with E-state index in [0.29, 0.717) is 0 Å². The lowest BCUT2D eigenvalue weighted by Gasteiger charge is -2.17. The molecule has 0 aliphatic heterocycles. The highest BCUT2D eigenvalue weighted by atomic mass is 14.7. The minimum absolute atomic E-state index is 0.168. The molecule has 14 heavy (non-hydrogen) atoms. The molecule has 0 bridgehead atoms. The fraction of sp³-hybridized carbons (Fsp3) is 0.364. The van der Waals surface area contributed by atoms with E-state index in [9.17, 15) is 0 Å². The standard InChI is InChI=1S/C11H15N3/c1-11(2,12)5-8-6-14-10-7-13-4-3-9(8)10/h3-4,6-7,14H,5,12H2,1-2H3. The molecule has 3 nitrogen and oxygen atoms in total. The van der Waals surface area contributed by atoms with Gasteiger partial charge in [-0.05, 0) is 31.9 Å². The Hall–Kier alpha value is -1.35. The quantitative estimate of drug-likeness (QED) is 0.757. The Morgan fingerprint density at radius 3 is 3.00 bits per heavy atom. The summed E-state index contributed by atoms with van der Waals surface area (Å²) in [7, 11) is 0. The van der Waals surface area contributed by atoms with E-state index in [4.69, 9.17) is 5.73 Å². The molecular formula is C11H15N3. The number of rotatable bonds is 2. The number of pyridine rings is 1. The first kappa shape index (κ1) is 9.21. The van der Waals surface area contributed by atoms with Crippen molar-refractivity contribution in [3.63, 3.8) is 0 Å². The summed E-state index contributed by atoms with van der Waals surface area (Å²) in [5.41, 5.74) is 8.15. The zero-order chi connectivity index (χ0) is 10.2. The number of aromatic amines is 1. The van der Waals surface area contributed by atoms with Gasteiger partial charge in [0, 0.05) is 23.3 Å². The van der Waals surface area contributed by atoms with E-state index in [1.54, 1.807) is 0 Å². The van der Waals surface area contributed by atoms with Gasteiger partial charge in [-0.15, -0.1) is 0 Å². The zero-order valence-corrected chi connectivity index (χ0v) is 8.54. The van der Waals surface area contributed by atoms with Gasteiger partial charge in [0.05, 0.1) is 11.7 Å². The molecule has 0 aliphatic carbocycles. The van der Waals surface area contributed by atoms with Gasteiger partial charge in [0.1, 0.15) is 0 Å². The predicted molar refractivity (Wildman–Crippen MR) is 58.1 cm³/mol. The van der Waals surface area contributed by atoms with Gasteiger partial charge in [0.15, 0.2) is 0 Å². The van der Waals surface area contributed by atoms with Crippen LogP contribution in [0.3, 0.4) is 0 Å². The summed E-state index contributed by atoms with van der Waals surface area (Å²) in [5, 5.41) is 1.22. The third kappa shape index (κ3) is 1.77. The Kier molecular flexibility index (Phi) is 2.04. The van der Waals surface area contributed by atoms with E-state index in [0.717, 1.165) is 11.9 Å². The van der Waals surface area contributed by atoms with Crippen LogP contribution in [-0.4, -0.2) is 15.5 Å². The second-order valence-electron chi connectivity index (χ2n) is 4.40. The molecular weight excluding hydrogens is 174 g/mol. The number of H-pyrrole nitrogens is 1. The van der Waals surface area contributed by atoms with Crippen molar-refractivity contribution in [1.82, 2.24) is 9.97 Å². The minimum atomic E-state index is -0.168. The summed E-state index contributed by atoms with van der Waals surface area (Å²) in [4.78, 5) is 7.25. The highest BCUT2D eigenvalue weighted by molar-refractivity contribution is 5.82. The van der Waals surface area contributed by atoms with Crippen LogP contribution >= 0.6 is 0 Å². The Morgan fingerprint density at radius 1 is 1.50 bits per heavy atom. The van der Waals surface area contributed by atoms with Crippen LogP contribution in [-0.2, 0) is 6.42 Å². The van der Waals surface area contributed by atoms with Gasteiger partial charge in [-0.3, -0.25) is 4.98 Å². The van der Waals surface area contributed by atoms with Crippen molar-refractivity contribution in [2.24, 2.45) is 5.73 Å². The number of nitrogens with one attached hydrogen (secondary N) is 1. The van der Waals surface area contributed by atoms with E-state index in [1.165, 1.54) is 10.9 Å². The summed E-state index contributed by atoms with van der Waals surface area (Å²) in [6.45, 7) is 4.07. The van der Waals surface area contributed by atoms with Crippen LogP contribution in [0.1, 0.15) is 19.4 Å². The van der Waals surface area contributed by atoms with Crippen LogP contribution < -0.4 is 5.73 Å². The molecule has 0 aliphatic rings. The third-order valence-corrected chi connectivity index (χ3v) is 2.21. The van der Waals surface area contributed by atoms with Gasteiger partial charge >= 0.3 is 0 Å². The Morgan fingerprint density at radius 2 is 2.29 bits per heavy atom. The maximum atomic E-state index is 5.99. The molecule has 0 unspecified atom stereocenters. The van der Waals surface area contributed by atoms with Gasteiger partial charge in [-0.25, -0.2) is 0 Å². The van der Waals surface area contributed by atoms with Crippen LogP contribution in [0.15, 0.2) is 24.7 Å². The summed E-state index contributed by atoms with van der Waals surface area (Å²) < 4.78 is 0. The summed E-state index contributed by atoms with van der Waals surface area (Å²) in [6.07, 6.45) is 6.53. The van der Waals surface area contributed by atoms with E-state index >= 15 is 0 Å². The van der Waals surface area contributed by atoms with E-state index in [-0.39, 0.29) is 5.54 Å². The first-order chi connectivity index (χ1) is 6.56. The molecule has 0 saturated heterocycles. The fourth-order valence-corrected chi connectivity index (χ4v) is 1.67. The Balaban J connectivity index is 2.44. The van der Waals surface area contributed by atoms with Crippen LogP contribution in [0.2, 0.25) is 0 Å². The largest absolute Gasteiger partial charge is 0.360 e. The third-order valence-electron chi connectivity index (χ3n) is 2.21. The van der Waals surface area contributed by atoms with Crippen LogP contribution in [0.5, 0.6) is 0 Å². The number of nitrogens with two attached hydrogens (primary N) is 1. The molecule has 0 saturated carbocycles. The molecule has 0 aromatic carbocycles. The molecule has 74 valence electrons. The second kappa shape index (κ2) is 3.10. The van der Waals surface area contributed by atoms with Crippen molar-refractivity contribution >= 4 is 10.9 Å². The molecule has 2 aromatic rings. The van der Waals surface area contributed by atoms with Crippen molar-refractivity contribution in [2.45, 2.75) is 25.8 Å². The smallest absolute Gasteiger partial charge is 0.0643 e. The average Bonchev–Trinajstić information content (AvgIpc) is 2.47. The maximum absolute atomic E-state index is 5.99. The number of nitrogens with zero attached hydrogens (tertiary/aromatic N) is 1. The maximum Gasteiger partial charge on any atom is 0.0643 e. The Labute approximate surface area is 83.3 Å². The van der Waals surface area contributed by atoms with Gasteiger partial charge in [-0.1, -0.05) is 0 Å². The van der Waals surface area contributed by atoms with Crippen molar-refractivity contribution < 1.29 is 0 Å². The number of fused-ring (bicyclic) bond motifs is 1. The monoisotopic (exact) mass is 189 g/mol. The van der Waals surface area contributed by atoms with E-state index in [2.05, 4.69) is 9.97 Å². The molecule has 2 rings (SSSR count). The zero-order valence-electron chi connectivity index (χ0n) is 8.54. The average molecular weight is 189 g/mol. The Bertz CT molecular complexity index is 437. The highest BCUT2D eigenvalue weighted by Crippen LogP contribution is 2.20. The number of aromatic nitrogens is 2. The minimum Gasteiger partial charge on any atom is -0.360 e. The van der Waals surface area contributed by atoms with Gasteiger partial charge < -0.3 is 10.7 Å². The molecule has 0 spiro atoms. The van der Waals surface area contributed by atoms with Crippen LogP contribution in [0.4, 0.5) is 0 Å². The molecule has 3 N–H and O–H groups in total. The lowest BCUT2D eigenvalue weighted by atomic mass is 9.96.